The van der Waals surface area contributed by atoms with E-state index in [0.29, 0.717) is 21.9 Å². The molecule has 0 bridgehead atoms. The summed E-state index contributed by atoms with van der Waals surface area (Å²) in [5, 5.41) is 2.61. The van der Waals surface area contributed by atoms with E-state index in [2.05, 4.69) is 21.2 Å². The van der Waals surface area contributed by atoms with Crippen molar-refractivity contribution in [2.24, 2.45) is 0 Å². The van der Waals surface area contributed by atoms with E-state index in [0.717, 1.165) is 0 Å². The smallest absolute Gasteiger partial charge is 0.331 e. The lowest BCUT2D eigenvalue weighted by atomic mass is 10.3. The molecule has 6 nitrogen and oxygen atoms in total. The highest BCUT2D eigenvalue weighted by Gasteiger charge is 2.06. The van der Waals surface area contributed by atoms with E-state index in [4.69, 9.17) is 13.9 Å². The molecule has 0 saturated heterocycles. The minimum Gasteiger partial charge on any atom is -0.497 e. The molecule has 2 aromatic rings. The van der Waals surface area contributed by atoms with E-state index in [9.17, 15) is 9.59 Å². The zero-order chi connectivity index (χ0) is 16.7. The maximum Gasteiger partial charge on any atom is 0.331 e. The number of rotatable bonds is 6. The Hall–Kier alpha value is -2.54. The van der Waals surface area contributed by atoms with E-state index >= 15 is 0 Å². The zero-order valence-electron chi connectivity index (χ0n) is 12.2. The van der Waals surface area contributed by atoms with Gasteiger partial charge in [-0.2, -0.15) is 0 Å². The third-order valence-electron chi connectivity index (χ3n) is 2.70. The van der Waals surface area contributed by atoms with Crippen molar-refractivity contribution in [2.45, 2.75) is 0 Å². The number of carbonyl (C=O) groups is 2. The SMILES string of the molecule is COc1ccc(NC(=O)COC(=O)C=Cc2ccc(Br)o2)cc1. The van der Waals surface area contributed by atoms with E-state index in [1.807, 2.05) is 0 Å². The Morgan fingerprint density at radius 1 is 1.22 bits per heavy atom. The summed E-state index contributed by atoms with van der Waals surface area (Å²) in [5.74, 6) is 0.112. The Morgan fingerprint density at radius 2 is 1.96 bits per heavy atom. The van der Waals surface area contributed by atoms with Gasteiger partial charge < -0.3 is 19.2 Å². The molecule has 0 spiro atoms. The standard InChI is InChI=1S/C16H14BrNO5/c1-21-12-4-2-11(3-5-12)18-15(19)10-22-16(20)9-7-13-6-8-14(17)23-13/h2-9H,10H2,1H3,(H,18,19). The van der Waals surface area contributed by atoms with E-state index in [1.54, 1.807) is 43.5 Å². The van der Waals surface area contributed by atoms with Crippen LogP contribution in [0.15, 0.2) is 51.6 Å². The molecule has 120 valence electrons. The summed E-state index contributed by atoms with van der Waals surface area (Å²) in [4.78, 5) is 23.2. The predicted octanol–water partition coefficient (Wildman–Crippen LogP) is 3.25. The second-order valence-corrected chi connectivity index (χ2v) is 5.14. The molecule has 2 rings (SSSR count). The summed E-state index contributed by atoms with van der Waals surface area (Å²) in [7, 11) is 1.56. The van der Waals surface area contributed by atoms with Crippen LogP contribution in [0.2, 0.25) is 0 Å². The molecule has 0 fully saturated rings. The van der Waals surface area contributed by atoms with E-state index in [1.165, 1.54) is 12.2 Å². The first-order chi connectivity index (χ1) is 11.1. The molecular formula is C16H14BrNO5. The summed E-state index contributed by atoms with van der Waals surface area (Å²) in [6.07, 6.45) is 2.64. The third-order valence-corrected chi connectivity index (χ3v) is 3.12. The van der Waals surface area contributed by atoms with Gasteiger partial charge in [0.25, 0.3) is 5.91 Å². The van der Waals surface area contributed by atoms with Crippen molar-refractivity contribution < 1.29 is 23.5 Å². The number of esters is 1. The number of nitrogens with one attached hydrogen (secondary N) is 1. The summed E-state index contributed by atoms with van der Waals surface area (Å²) in [6, 6.07) is 10.2. The van der Waals surface area contributed by atoms with Crippen molar-refractivity contribution in [1.82, 2.24) is 0 Å². The quantitative estimate of drug-likeness (QED) is 0.615. The fourth-order valence-electron chi connectivity index (χ4n) is 1.62. The van der Waals surface area contributed by atoms with Crippen molar-refractivity contribution in [3.05, 3.63) is 52.9 Å². The van der Waals surface area contributed by atoms with Crippen LogP contribution in [-0.4, -0.2) is 25.6 Å². The number of benzene rings is 1. The average Bonchev–Trinajstić information content (AvgIpc) is 2.97. The summed E-state index contributed by atoms with van der Waals surface area (Å²) < 4.78 is 15.6. The zero-order valence-corrected chi connectivity index (χ0v) is 13.8. The maximum absolute atomic E-state index is 11.7. The van der Waals surface area contributed by atoms with Gasteiger partial charge in [-0.15, -0.1) is 0 Å². The fraction of sp³-hybridized carbons (Fsp3) is 0.125. The van der Waals surface area contributed by atoms with Gasteiger partial charge >= 0.3 is 5.97 Å². The minimum absolute atomic E-state index is 0.378. The van der Waals surface area contributed by atoms with Crippen LogP contribution in [0, 0.1) is 0 Å². The molecule has 1 heterocycles. The van der Waals surface area contributed by atoms with Crippen molar-refractivity contribution in [3.63, 3.8) is 0 Å². The largest absolute Gasteiger partial charge is 0.497 e. The lowest BCUT2D eigenvalue weighted by Gasteiger charge is -2.06. The number of methoxy groups -OCH3 is 1. The molecule has 23 heavy (non-hydrogen) atoms. The normalized spacial score (nSPS) is 10.5. The molecule has 0 aliphatic carbocycles. The summed E-state index contributed by atoms with van der Waals surface area (Å²) in [5.41, 5.74) is 0.586. The lowest BCUT2D eigenvalue weighted by molar-refractivity contribution is -0.142. The molecule has 1 aromatic heterocycles. The van der Waals surface area contributed by atoms with Crippen molar-refractivity contribution in [3.8, 4) is 5.75 Å². The van der Waals surface area contributed by atoms with Gasteiger partial charge in [-0.05, 0) is 58.4 Å². The highest BCUT2D eigenvalue weighted by Crippen LogP contribution is 2.15. The molecule has 1 N–H and O–H groups in total. The molecule has 1 aromatic carbocycles. The van der Waals surface area contributed by atoms with Gasteiger partial charge in [0.05, 0.1) is 7.11 Å². The predicted molar refractivity (Wildman–Crippen MR) is 88.0 cm³/mol. The summed E-state index contributed by atoms with van der Waals surface area (Å²) in [6.45, 7) is -0.378. The van der Waals surface area contributed by atoms with Gasteiger partial charge in [0.1, 0.15) is 11.5 Å². The van der Waals surface area contributed by atoms with E-state index in [-0.39, 0.29) is 6.61 Å². The number of hydrogen-bond donors (Lipinski definition) is 1. The first kappa shape index (κ1) is 16.8. The monoisotopic (exact) mass is 379 g/mol. The Bertz CT molecular complexity index is 706. The molecule has 1 amide bonds. The molecule has 0 atom stereocenters. The van der Waals surface area contributed by atoms with Gasteiger partial charge in [-0.25, -0.2) is 4.79 Å². The second kappa shape index (κ2) is 8.19. The first-order valence-electron chi connectivity index (χ1n) is 6.61. The molecule has 0 aliphatic heterocycles. The number of ether oxygens (including phenoxy) is 2. The molecular weight excluding hydrogens is 366 g/mol. The van der Waals surface area contributed by atoms with E-state index < -0.39 is 11.9 Å². The first-order valence-corrected chi connectivity index (χ1v) is 7.40. The molecule has 7 heteroatoms. The Morgan fingerprint density at radius 3 is 2.57 bits per heavy atom. The van der Waals surface area contributed by atoms with Crippen LogP contribution in [0.25, 0.3) is 6.08 Å². The van der Waals surface area contributed by atoms with Gasteiger partial charge in [0, 0.05) is 11.8 Å². The average molecular weight is 380 g/mol. The Balaban J connectivity index is 1.76. The van der Waals surface area contributed by atoms with Crippen molar-refractivity contribution in [2.75, 3.05) is 19.0 Å². The maximum atomic E-state index is 11.7. The molecule has 0 aliphatic rings. The lowest BCUT2D eigenvalue weighted by Crippen LogP contribution is -2.20. The second-order valence-electron chi connectivity index (χ2n) is 4.36. The summed E-state index contributed by atoms with van der Waals surface area (Å²) >= 11 is 3.15. The van der Waals surface area contributed by atoms with Crippen LogP contribution in [0.3, 0.4) is 0 Å². The number of anilines is 1. The van der Waals surface area contributed by atoms with Crippen LogP contribution in [0.4, 0.5) is 5.69 Å². The minimum atomic E-state index is -0.637. The van der Waals surface area contributed by atoms with Crippen LogP contribution in [-0.2, 0) is 14.3 Å². The number of furan rings is 1. The fourth-order valence-corrected chi connectivity index (χ4v) is 1.94. The van der Waals surface area contributed by atoms with Crippen molar-refractivity contribution >= 4 is 39.6 Å². The molecule has 0 unspecified atom stereocenters. The topological polar surface area (TPSA) is 77.8 Å². The number of amides is 1. The number of hydrogen-bond acceptors (Lipinski definition) is 5. The van der Waals surface area contributed by atoms with Gasteiger partial charge in [-0.3, -0.25) is 4.79 Å². The van der Waals surface area contributed by atoms with Crippen LogP contribution in [0.1, 0.15) is 5.76 Å². The third kappa shape index (κ3) is 5.63. The Labute approximate surface area is 141 Å². The van der Waals surface area contributed by atoms with Gasteiger partial charge in [0.15, 0.2) is 11.3 Å². The molecule has 0 radical (unpaired) electrons. The van der Waals surface area contributed by atoms with Crippen LogP contribution in [0.5, 0.6) is 5.75 Å². The van der Waals surface area contributed by atoms with Crippen LogP contribution < -0.4 is 10.1 Å². The molecule has 0 saturated carbocycles. The van der Waals surface area contributed by atoms with Crippen LogP contribution >= 0.6 is 15.9 Å². The van der Waals surface area contributed by atoms with Crippen molar-refractivity contribution in [1.29, 1.82) is 0 Å². The highest BCUT2D eigenvalue weighted by atomic mass is 79.9. The number of halogens is 1. The number of carbonyl (C=O) groups excluding carboxylic acids is 2. The van der Waals surface area contributed by atoms with Gasteiger partial charge in [0.2, 0.25) is 0 Å². The highest BCUT2D eigenvalue weighted by molar-refractivity contribution is 9.10. The van der Waals surface area contributed by atoms with Gasteiger partial charge in [-0.1, -0.05) is 0 Å². The Kier molecular flexibility index (Phi) is 5.99.